The minimum absolute atomic E-state index is 0.231. The summed E-state index contributed by atoms with van der Waals surface area (Å²) < 4.78 is 5.62. The van der Waals surface area contributed by atoms with Crippen LogP contribution in [0.2, 0.25) is 0 Å². The van der Waals surface area contributed by atoms with Crippen molar-refractivity contribution in [2.24, 2.45) is 0 Å². The summed E-state index contributed by atoms with van der Waals surface area (Å²) in [7, 11) is 0. The molecule has 1 unspecified atom stereocenters. The molecule has 1 aromatic carbocycles. The molecule has 21 heavy (non-hydrogen) atoms. The van der Waals surface area contributed by atoms with Gasteiger partial charge < -0.3 is 9.64 Å². The zero-order valence-corrected chi connectivity index (χ0v) is 13.3. The van der Waals surface area contributed by atoms with E-state index in [0.29, 0.717) is 12.5 Å². The Morgan fingerprint density at radius 3 is 2.71 bits per heavy atom. The number of carbonyl (C=O) groups excluding carboxylic acids is 1. The van der Waals surface area contributed by atoms with Crippen molar-refractivity contribution in [3.63, 3.8) is 0 Å². The number of ether oxygens (including phenoxy) is 1. The summed E-state index contributed by atoms with van der Waals surface area (Å²) in [5.41, 5.74) is 0.796. The molecule has 1 saturated heterocycles. The molecule has 0 bridgehead atoms. The summed E-state index contributed by atoms with van der Waals surface area (Å²) >= 11 is 0. The van der Waals surface area contributed by atoms with Crippen LogP contribution in [0.5, 0.6) is 5.75 Å². The second kappa shape index (κ2) is 8.18. The molecule has 1 aliphatic heterocycles. The maximum atomic E-state index is 12.2. The largest absolute Gasteiger partial charge is 0.494 e. The highest BCUT2D eigenvalue weighted by Gasteiger charge is 2.20. The Morgan fingerprint density at radius 1 is 1.33 bits per heavy atom. The van der Waals surface area contributed by atoms with E-state index < -0.39 is 0 Å². The van der Waals surface area contributed by atoms with Gasteiger partial charge in [0.05, 0.1) is 6.61 Å². The molecule has 3 nitrogen and oxygen atoms in total. The molecule has 3 heteroatoms. The zero-order valence-electron chi connectivity index (χ0n) is 13.3. The maximum absolute atomic E-state index is 12.2. The van der Waals surface area contributed by atoms with Gasteiger partial charge in [-0.3, -0.25) is 4.79 Å². The third-order valence-electron chi connectivity index (χ3n) is 4.26. The van der Waals surface area contributed by atoms with Crippen LogP contribution in [-0.2, 0) is 0 Å². The molecule has 0 aromatic heterocycles. The van der Waals surface area contributed by atoms with Gasteiger partial charge in [0.1, 0.15) is 5.75 Å². The van der Waals surface area contributed by atoms with Gasteiger partial charge in [0, 0.05) is 24.6 Å². The molecule has 1 atom stereocenters. The molecule has 1 aliphatic rings. The van der Waals surface area contributed by atoms with Crippen LogP contribution in [0.1, 0.15) is 56.3 Å². The van der Waals surface area contributed by atoms with E-state index in [1.165, 1.54) is 12.8 Å². The Hall–Kier alpha value is -1.35. The molecule has 1 heterocycles. The summed E-state index contributed by atoms with van der Waals surface area (Å²) in [4.78, 5) is 14.6. The highest BCUT2D eigenvalue weighted by Crippen LogP contribution is 2.18. The quantitative estimate of drug-likeness (QED) is 0.536. The standard InChI is InChI=1S/C18H27NO2/c1-3-4-14-21-17-9-7-16(8-10-17)18(20)11-13-19-12-5-6-15(19)2/h7-10,15H,3-6,11-14H2,1-2H3. The van der Waals surface area contributed by atoms with Gasteiger partial charge in [-0.25, -0.2) is 0 Å². The fraction of sp³-hybridized carbons (Fsp3) is 0.611. The van der Waals surface area contributed by atoms with E-state index in [1.807, 2.05) is 24.3 Å². The number of unbranched alkanes of at least 4 members (excludes halogenated alkanes) is 1. The predicted molar refractivity (Wildman–Crippen MR) is 86.1 cm³/mol. The molecular formula is C18H27NO2. The van der Waals surface area contributed by atoms with Crippen LogP contribution in [0.15, 0.2) is 24.3 Å². The number of ketones is 1. The lowest BCUT2D eigenvalue weighted by molar-refractivity contribution is 0.0963. The average Bonchev–Trinajstić information content (AvgIpc) is 2.91. The Balaban J connectivity index is 1.79. The van der Waals surface area contributed by atoms with Crippen molar-refractivity contribution in [1.82, 2.24) is 4.90 Å². The lowest BCUT2D eigenvalue weighted by Gasteiger charge is -2.20. The summed E-state index contributed by atoms with van der Waals surface area (Å²) in [5.74, 6) is 1.09. The summed E-state index contributed by atoms with van der Waals surface area (Å²) in [6.45, 7) is 7.16. The minimum Gasteiger partial charge on any atom is -0.494 e. The van der Waals surface area contributed by atoms with Crippen molar-refractivity contribution in [3.05, 3.63) is 29.8 Å². The number of Topliss-reactive ketones (excluding diaryl/α,β-unsaturated/α-hetero) is 1. The second-order valence-electron chi connectivity index (χ2n) is 5.93. The van der Waals surface area contributed by atoms with Gasteiger partial charge in [0.15, 0.2) is 5.78 Å². The van der Waals surface area contributed by atoms with Crippen LogP contribution in [0.4, 0.5) is 0 Å². The summed E-state index contributed by atoms with van der Waals surface area (Å²) in [5, 5.41) is 0. The normalized spacial score (nSPS) is 18.9. The van der Waals surface area contributed by atoms with Gasteiger partial charge >= 0.3 is 0 Å². The molecule has 2 rings (SSSR count). The second-order valence-corrected chi connectivity index (χ2v) is 5.93. The predicted octanol–water partition coefficient (Wildman–Crippen LogP) is 3.92. The number of hydrogen-bond donors (Lipinski definition) is 0. The lowest BCUT2D eigenvalue weighted by atomic mass is 10.1. The molecule has 0 spiro atoms. The van der Waals surface area contributed by atoms with Crippen molar-refractivity contribution in [2.45, 2.75) is 52.0 Å². The van der Waals surface area contributed by atoms with Crippen LogP contribution in [0.25, 0.3) is 0 Å². The first-order valence-electron chi connectivity index (χ1n) is 8.21. The van der Waals surface area contributed by atoms with Crippen LogP contribution in [0.3, 0.4) is 0 Å². The smallest absolute Gasteiger partial charge is 0.164 e. The number of hydrogen-bond acceptors (Lipinski definition) is 3. The molecule has 1 fully saturated rings. The molecule has 0 amide bonds. The fourth-order valence-electron chi connectivity index (χ4n) is 2.79. The van der Waals surface area contributed by atoms with Crippen molar-refractivity contribution < 1.29 is 9.53 Å². The van der Waals surface area contributed by atoms with Gasteiger partial charge in [0.2, 0.25) is 0 Å². The molecule has 0 N–H and O–H groups in total. The third-order valence-corrected chi connectivity index (χ3v) is 4.26. The Kier molecular flexibility index (Phi) is 6.24. The summed E-state index contributed by atoms with van der Waals surface area (Å²) in [6, 6.07) is 8.21. The van der Waals surface area contributed by atoms with E-state index in [4.69, 9.17) is 4.74 Å². The van der Waals surface area contributed by atoms with Crippen molar-refractivity contribution in [3.8, 4) is 5.75 Å². The van der Waals surface area contributed by atoms with E-state index in [9.17, 15) is 4.79 Å². The number of nitrogens with zero attached hydrogens (tertiary/aromatic N) is 1. The highest BCUT2D eigenvalue weighted by atomic mass is 16.5. The molecule has 0 radical (unpaired) electrons. The topological polar surface area (TPSA) is 29.5 Å². The van der Waals surface area contributed by atoms with Gasteiger partial charge in [-0.15, -0.1) is 0 Å². The Bertz CT molecular complexity index is 441. The monoisotopic (exact) mass is 289 g/mol. The number of benzene rings is 1. The van der Waals surface area contributed by atoms with Crippen LogP contribution >= 0.6 is 0 Å². The first-order valence-corrected chi connectivity index (χ1v) is 8.21. The third kappa shape index (κ3) is 4.85. The van der Waals surface area contributed by atoms with Gasteiger partial charge in [0.25, 0.3) is 0 Å². The first kappa shape index (κ1) is 16.0. The van der Waals surface area contributed by atoms with Crippen LogP contribution in [-0.4, -0.2) is 36.4 Å². The Labute approximate surface area is 128 Å². The lowest BCUT2D eigenvalue weighted by Crippen LogP contribution is -2.29. The molecular weight excluding hydrogens is 262 g/mol. The van der Waals surface area contributed by atoms with E-state index in [0.717, 1.165) is 43.9 Å². The van der Waals surface area contributed by atoms with E-state index in [-0.39, 0.29) is 5.78 Å². The van der Waals surface area contributed by atoms with Crippen LogP contribution in [0, 0.1) is 0 Å². The highest BCUT2D eigenvalue weighted by molar-refractivity contribution is 5.96. The number of carbonyl (C=O) groups is 1. The minimum atomic E-state index is 0.231. The number of likely N-dealkylation sites (tertiary alicyclic amines) is 1. The van der Waals surface area contributed by atoms with E-state index >= 15 is 0 Å². The van der Waals surface area contributed by atoms with Gasteiger partial charge in [-0.05, 0) is 57.0 Å². The van der Waals surface area contributed by atoms with Crippen molar-refractivity contribution in [2.75, 3.05) is 19.7 Å². The van der Waals surface area contributed by atoms with Crippen LogP contribution < -0.4 is 4.74 Å². The average molecular weight is 289 g/mol. The summed E-state index contributed by atoms with van der Waals surface area (Å²) in [6.07, 6.45) is 5.33. The van der Waals surface area contributed by atoms with Crippen molar-refractivity contribution in [1.29, 1.82) is 0 Å². The maximum Gasteiger partial charge on any atom is 0.164 e. The zero-order chi connectivity index (χ0) is 15.1. The molecule has 0 saturated carbocycles. The van der Waals surface area contributed by atoms with Crippen molar-refractivity contribution >= 4 is 5.78 Å². The number of rotatable bonds is 8. The van der Waals surface area contributed by atoms with Gasteiger partial charge in [-0.2, -0.15) is 0 Å². The van der Waals surface area contributed by atoms with E-state index in [2.05, 4.69) is 18.7 Å². The Morgan fingerprint density at radius 2 is 2.10 bits per heavy atom. The molecule has 1 aromatic rings. The van der Waals surface area contributed by atoms with Gasteiger partial charge in [-0.1, -0.05) is 13.3 Å². The molecule has 0 aliphatic carbocycles. The fourth-order valence-corrected chi connectivity index (χ4v) is 2.79. The molecule has 116 valence electrons. The SMILES string of the molecule is CCCCOc1ccc(C(=O)CCN2CCCC2C)cc1. The first-order chi connectivity index (χ1) is 10.2. The van der Waals surface area contributed by atoms with E-state index in [1.54, 1.807) is 0 Å².